The lowest BCUT2D eigenvalue weighted by atomic mass is 9.91. The van der Waals surface area contributed by atoms with E-state index in [1.165, 1.54) is 5.56 Å². The Morgan fingerprint density at radius 1 is 1.00 bits per heavy atom. The van der Waals surface area contributed by atoms with Crippen molar-refractivity contribution in [2.45, 2.75) is 12.1 Å². The van der Waals surface area contributed by atoms with E-state index in [-0.39, 0.29) is 5.91 Å². The number of pyridine rings is 1. The number of likely N-dealkylation sites (tertiary alicyclic amines) is 1. The van der Waals surface area contributed by atoms with E-state index in [0.717, 1.165) is 0 Å². The molecule has 1 saturated heterocycles. The number of fused-ring (bicyclic) bond motifs is 1. The number of imidazole rings is 1. The van der Waals surface area contributed by atoms with Crippen molar-refractivity contribution in [3.63, 3.8) is 0 Å². The summed E-state index contributed by atoms with van der Waals surface area (Å²) in [5.41, 5.74) is 4.09. The largest absolute Gasteiger partial charge is 0.405 e. The maximum atomic E-state index is 13.0. The van der Waals surface area contributed by atoms with Gasteiger partial charge in [-0.3, -0.25) is 9.20 Å². The van der Waals surface area contributed by atoms with Crippen LogP contribution in [0, 0.1) is 0 Å². The van der Waals surface area contributed by atoms with Gasteiger partial charge in [-0.2, -0.15) is 13.2 Å². The van der Waals surface area contributed by atoms with Gasteiger partial charge < -0.3 is 15.5 Å². The Bertz CT molecular complexity index is 1410. The number of hydrogen-bond donors (Lipinski definition) is 2. The number of rotatable bonds is 5. The SMILES string of the molecule is O=C(NCC(F)(F)F)Nc1cccc(-c2cnc3cc(C(=O)N4CC(c5ccccc5)C4)ccn23)c1. The average molecular weight is 493 g/mol. The number of aromatic nitrogens is 2. The number of carbonyl (C=O) groups excluding carboxylic acids is 2. The summed E-state index contributed by atoms with van der Waals surface area (Å²) >= 11 is 0. The summed E-state index contributed by atoms with van der Waals surface area (Å²) in [5, 5.41) is 4.17. The molecule has 0 saturated carbocycles. The standard InChI is InChI=1S/C26H22F3N5O2/c27-26(28,29)16-31-25(36)32-21-8-4-7-18(11-21)22-13-30-23-12-19(9-10-34(22)23)24(35)33-14-20(15-33)17-5-2-1-3-6-17/h1-13,20H,14-16H2,(H2,31,32,36). The molecule has 10 heteroatoms. The van der Waals surface area contributed by atoms with E-state index in [4.69, 9.17) is 0 Å². The fraction of sp³-hybridized carbons (Fsp3) is 0.192. The summed E-state index contributed by atoms with van der Waals surface area (Å²) in [6.45, 7) is -0.0781. The van der Waals surface area contributed by atoms with E-state index in [2.05, 4.69) is 22.4 Å². The number of benzene rings is 2. The van der Waals surface area contributed by atoms with Gasteiger partial charge in [-0.25, -0.2) is 9.78 Å². The molecular formula is C26H22F3N5O2. The Kier molecular flexibility index (Phi) is 6.09. The van der Waals surface area contributed by atoms with E-state index in [1.807, 2.05) is 27.5 Å². The molecule has 0 atom stereocenters. The van der Waals surface area contributed by atoms with Crippen LogP contribution in [0.1, 0.15) is 21.8 Å². The molecular weight excluding hydrogens is 471 g/mol. The van der Waals surface area contributed by atoms with Crippen LogP contribution in [-0.4, -0.2) is 52.0 Å². The average Bonchev–Trinajstić information content (AvgIpc) is 3.26. The van der Waals surface area contributed by atoms with E-state index in [1.54, 1.807) is 54.1 Å². The van der Waals surface area contributed by atoms with Crippen LogP contribution < -0.4 is 10.6 Å². The molecule has 2 aromatic heterocycles. The lowest BCUT2D eigenvalue weighted by molar-refractivity contribution is -0.122. The van der Waals surface area contributed by atoms with Crippen LogP contribution in [0.25, 0.3) is 16.9 Å². The zero-order valence-corrected chi connectivity index (χ0v) is 19.0. The molecule has 184 valence electrons. The Balaban J connectivity index is 1.28. The number of hydrogen-bond acceptors (Lipinski definition) is 3. The number of carbonyl (C=O) groups is 2. The van der Waals surface area contributed by atoms with Gasteiger partial charge in [0.05, 0.1) is 11.9 Å². The number of alkyl halides is 3. The van der Waals surface area contributed by atoms with Gasteiger partial charge in [0, 0.05) is 42.0 Å². The molecule has 2 N–H and O–H groups in total. The molecule has 0 spiro atoms. The van der Waals surface area contributed by atoms with Gasteiger partial charge in [0.1, 0.15) is 12.2 Å². The van der Waals surface area contributed by atoms with Crippen LogP contribution in [0.15, 0.2) is 79.1 Å². The van der Waals surface area contributed by atoms with Crippen LogP contribution in [0.3, 0.4) is 0 Å². The zero-order chi connectivity index (χ0) is 25.3. The first-order chi connectivity index (χ1) is 17.3. The molecule has 5 rings (SSSR count). The Labute approximate surface area is 204 Å². The quantitative estimate of drug-likeness (QED) is 0.414. The summed E-state index contributed by atoms with van der Waals surface area (Å²) in [6.07, 6.45) is -1.09. The second kappa shape index (κ2) is 9.37. The Morgan fingerprint density at radius 2 is 1.78 bits per heavy atom. The van der Waals surface area contributed by atoms with Gasteiger partial charge in [-0.05, 0) is 29.8 Å². The molecule has 1 aliphatic heterocycles. The van der Waals surface area contributed by atoms with Crippen molar-refractivity contribution in [2.24, 2.45) is 0 Å². The smallest absolute Gasteiger partial charge is 0.337 e. The van der Waals surface area contributed by atoms with Crippen LogP contribution in [0.4, 0.5) is 23.7 Å². The number of anilines is 1. The predicted molar refractivity (Wildman–Crippen MR) is 129 cm³/mol. The maximum absolute atomic E-state index is 13.0. The fourth-order valence-electron chi connectivity index (χ4n) is 4.20. The minimum absolute atomic E-state index is 0.0507. The van der Waals surface area contributed by atoms with Crippen molar-refractivity contribution in [1.82, 2.24) is 19.6 Å². The number of amides is 3. The molecule has 36 heavy (non-hydrogen) atoms. The molecule has 4 aromatic rings. The van der Waals surface area contributed by atoms with Gasteiger partial charge in [0.25, 0.3) is 5.91 Å². The number of urea groups is 1. The predicted octanol–water partition coefficient (Wildman–Crippen LogP) is 4.92. The molecule has 0 unspecified atom stereocenters. The summed E-state index contributed by atoms with van der Waals surface area (Å²) in [4.78, 5) is 31.0. The zero-order valence-electron chi connectivity index (χ0n) is 19.0. The molecule has 0 radical (unpaired) electrons. The molecule has 1 fully saturated rings. The first kappa shape index (κ1) is 23.4. The van der Waals surface area contributed by atoms with Gasteiger partial charge in [-0.1, -0.05) is 42.5 Å². The van der Waals surface area contributed by atoms with Crippen molar-refractivity contribution < 1.29 is 22.8 Å². The molecule has 0 bridgehead atoms. The van der Waals surface area contributed by atoms with Gasteiger partial charge >= 0.3 is 12.2 Å². The highest BCUT2D eigenvalue weighted by Crippen LogP contribution is 2.29. The minimum atomic E-state index is -4.49. The van der Waals surface area contributed by atoms with E-state index < -0.39 is 18.8 Å². The van der Waals surface area contributed by atoms with Crippen molar-refractivity contribution in [1.29, 1.82) is 0 Å². The third kappa shape index (κ3) is 5.02. The topological polar surface area (TPSA) is 78.7 Å². The fourth-order valence-corrected chi connectivity index (χ4v) is 4.20. The van der Waals surface area contributed by atoms with Gasteiger partial charge in [0.2, 0.25) is 0 Å². The summed E-state index contributed by atoms with van der Waals surface area (Å²) in [5.74, 6) is 0.290. The summed E-state index contributed by atoms with van der Waals surface area (Å²) < 4.78 is 38.7. The number of nitrogens with one attached hydrogen (secondary N) is 2. The maximum Gasteiger partial charge on any atom is 0.405 e. The third-order valence-electron chi connectivity index (χ3n) is 6.07. The third-order valence-corrected chi connectivity index (χ3v) is 6.07. The highest BCUT2D eigenvalue weighted by molar-refractivity contribution is 5.96. The molecule has 2 aromatic carbocycles. The highest BCUT2D eigenvalue weighted by atomic mass is 19.4. The van der Waals surface area contributed by atoms with E-state index >= 15 is 0 Å². The molecule has 3 heterocycles. The van der Waals surface area contributed by atoms with Crippen LogP contribution in [0.5, 0.6) is 0 Å². The van der Waals surface area contributed by atoms with Crippen molar-refractivity contribution in [2.75, 3.05) is 25.0 Å². The van der Waals surface area contributed by atoms with Crippen molar-refractivity contribution in [3.05, 3.63) is 90.3 Å². The number of halogens is 3. The summed E-state index contributed by atoms with van der Waals surface area (Å²) in [7, 11) is 0. The van der Waals surface area contributed by atoms with Crippen LogP contribution >= 0.6 is 0 Å². The molecule has 3 amide bonds. The molecule has 0 aliphatic carbocycles. The highest BCUT2D eigenvalue weighted by Gasteiger charge is 2.32. The van der Waals surface area contributed by atoms with E-state index in [9.17, 15) is 22.8 Å². The Hall–Kier alpha value is -4.34. The normalized spacial score (nSPS) is 13.9. The Morgan fingerprint density at radius 3 is 2.53 bits per heavy atom. The van der Waals surface area contributed by atoms with Gasteiger partial charge in [-0.15, -0.1) is 0 Å². The summed E-state index contributed by atoms with van der Waals surface area (Å²) in [6, 6.07) is 19.3. The van der Waals surface area contributed by atoms with Gasteiger partial charge in [0.15, 0.2) is 0 Å². The first-order valence-electron chi connectivity index (χ1n) is 11.3. The molecule has 7 nitrogen and oxygen atoms in total. The van der Waals surface area contributed by atoms with Crippen LogP contribution in [-0.2, 0) is 0 Å². The monoisotopic (exact) mass is 493 g/mol. The number of nitrogens with zero attached hydrogens (tertiary/aromatic N) is 3. The lowest BCUT2D eigenvalue weighted by Crippen LogP contribution is -2.48. The lowest BCUT2D eigenvalue weighted by Gasteiger charge is -2.39. The first-order valence-corrected chi connectivity index (χ1v) is 11.3. The minimum Gasteiger partial charge on any atom is -0.337 e. The second-order valence-electron chi connectivity index (χ2n) is 8.61. The van der Waals surface area contributed by atoms with E-state index in [0.29, 0.717) is 47.2 Å². The second-order valence-corrected chi connectivity index (χ2v) is 8.61. The van der Waals surface area contributed by atoms with Crippen molar-refractivity contribution in [3.8, 4) is 11.3 Å². The van der Waals surface area contributed by atoms with Crippen LogP contribution in [0.2, 0.25) is 0 Å². The molecule has 1 aliphatic rings. The van der Waals surface area contributed by atoms with Crippen molar-refractivity contribution >= 4 is 23.3 Å².